The Kier molecular flexibility index (Phi) is 6.43. The first-order valence-electron chi connectivity index (χ1n) is 7.69. The fourth-order valence-corrected chi connectivity index (χ4v) is 2.99. The third-order valence-corrected chi connectivity index (χ3v) is 4.43. The second kappa shape index (κ2) is 8.54. The van der Waals surface area contributed by atoms with Crippen LogP contribution < -0.4 is 10.1 Å². The van der Waals surface area contributed by atoms with Crippen molar-refractivity contribution in [2.45, 2.75) is 32.0 Å². The van der Waals surface area contributed by atoms with Crippen LogP contribution in [0, 0.1) is 6.92 Å². The molecule has 6 nitrogen and oxygen atoms in total. The molecule has 1 aromatic heterocycles. The van der Waals surface area contributed by atoms with E-state index >= 15 is 0 Å². The largest absolute Gasteiger partial charge is 0.497 e. The Morgan fingerprint density at radius 3 is 2.88 bits per heavy atom. The van der Waals surface area contributed by atoms with Crippen molar-refractivity contribution >= 4 is 23.4 Å². The fraction of sp³-hybridized carbons (Fsp3) is 0.353. The van der Waals surface area contributed by atoms with E-state index in [4.69, 9.17) is 4.74 Å². The maximum Gasteiger partial charge on any atom is 0.234 e. The average molecular weight is 346 g/mol. The molecule has 128 valence electrons. The van der Waals surface area contributed by atoms with Crippen molar-refractivity contribution in [2.75, 3.05) is 18.2 Å². The molecule has 0 saturated carbocycles. The first kappa shape index (κ1) is 18.1. The summed E-state index contributed by atoms with van der Waals surface area (Å²) in [5.41, 5.74) is 1.74. The summed E-state index contributed by atoms with van der Waals surface area (Å²) in [6.07, 6.45) is 2.59. The number of nitrogens with zero attached hydrogens (tertiary/aromatic N) is 3. The van der Waals surface area contributed by atoms with Crippen molar-refractivity contribution in [1.29, 1.82) is 0 Å². The standard InChI is InChI=1S/C17H22N4O2S/c1-5-9-21-15(6-2)19-20-17(21)24-11-16(22)18-14-8-7-13(23-4)10-12(14)3/h5,7-8,10H,1,6,9,11H2,2-4H3,(H,18,22). The summed E-state index contributed by atoms with van der Waals surface area (Å²) >= 11 is 1.37. The smallest absolute Gasteiger partial charge is 0.234 e. The summed E-state index contributed by atoms with van der Waals surface area (Å²) < 4.78 is 7.14. The van der Waals surface area contributed by atoms with Crippen LogP contribution in [0.5, 0.6) is 5.75 Å². The minimum atomic E-state index is -0.0838. The number of allylic oxidation sites excluding steroid dienone is 1. The molecular formula is C17H22N4O2S. The number of nitrogens with one attached hydrogen (secondary N) is 1. The highest BCUT2D eigenvalue weighted by Crippen LogP contribution is 2.22. The van der Waals surface area contributed by atoms with Gasteiger partial charge in [0.25, 0.3) is 0 Å². The van der Waals surface area contributed by atoms with Crippen LogP contribution in [0.25, 0.3) is 0 Å². The summed E-state index contributed by atoms with van der Waals surface area (Å²) in [6.45, 7) is 8.34. The number of hydrogen-bond donors (Lipinski definition) is 1. The van der Waals surface area contributed by atoms with Crippen LogP contribution in [-0.2, 0) is 17.8 Å². The maximum atomic E-state index is 12.2. The summed E-state index contributed by atoms with van der Waals surface area (Å²) in [5.74, 6) is 1.84. The second-order valence-electron chi connectivity index (χ2n) is 5.17. The molecule has 0 unspecified atom stereocenters. The fourth-order valence-electron chi connectivity index (χ4n) is 2.22. The summed E-state index contributed by atoms with van der Waals surface area (Å²) in [6, 6.07) is 5.55. The molecule has 1 amide bonds. The van der Waals surface area contributed by atoms with Gasteiger partial charge in [0, 0.05) is 18.7 Å². The molecule has 0 bridgehead atoms. The van der Waals surface area contributed by atoms with E-state index in [0.29, 0.717) is 6.54 Å². The van der Waals surface area contributed by atoms with Gasteiger partial charge in [-0.3, -0.25) is 4.79 Å². The van der Waals surface area contributed by atoms with Crippen molar-refractivity contribution in [3.63, 3.8) is 0 Å². The molecule has 2 rings (SSSR count). The molecule has 0 aliphatic carbocycles. The Balaban J connectivity index is 1.99. The van der Waals surface area contributed by atoms with Crippen molar-refractivity contribution in [3.05, 3.63) is 42.2 Å². The van der Waals surface area contributed by atoms with Gasteiger partial charge in [0.05, 0.1) is 12.9 Å². The molecule has 1 heterocycles. The van der Waals surface area contributed by atoms with E-state index in [-0.39, 0.29) is 11.7 Å². The topological polar surface area (TPSA) is 69.0 Å². The molecule has 0 spiro atoms. The first-order valence-corrected chi connectivity index (χ1v) is 8.67. The van der Waals surface area contributed by atoms with Crippen LogP contribution in [0.4, 0.5) is 5.69 Å². The third-order valence-electron chi connectivity index (χ3n) is 3.46. The summed E-state index contributed by atoms with van der Waals surface area (Å²) in [4.78, 5) is 12.2. The van der Waals surface area contributed by atoms with E-state index in [1.165, 1.54) is 11.8 Å². The van der Waals surface area contributed by atoms with Gasteiger partial charge < -0.3 is 14.6 Å². The molecule has 1 aromatic carbocycles. The number of ether oxygens (including phenoxy) is 1. The van der Waals surface area contributed by atoms with Crippen LogP contribution in [0.3, 0.4) is 0 Å². The normalized spacial score (nSPS) is 10.5. The van der Waals surface area contributed by atoms with Gasteiger partial charge in [0.15, 0.2) is 5.16 Å². The monoisotopic (exact) mass is 346 g/mol. The summed E-state index contributed by atoms with van der Waals surface area (Å²) in [7, 11) is 1.62. The molecular weight excluding hydrogens is 324 g/mol. The number of thioether (sulfide) groups is 1. The highest BCUT2D eigenvalue weighted by atomic mass is 32.2. The zero-order valence-electron chi connectivity index (χ0n) is 14.2. The molecule has 1 N–H and O–H groups in total. The Hall–Kier alpha value is -2.28. The van der Waals surface area contributed by atoms with Crippen molar-refractivity contribution in [2.24, 2.45) is 0 Å². The molecule has 0 atom stereocenters. The lowest BCUT2D eigenvalue weighted by molar-refractivity contribution is -0.113. The highest BCUT2D eigenvalue weighted by molar-refractivity contribution is 7.99. The Labute approximate surface area is 146 Å². The number of carbonyl (C=O) groups is 1. The van der Waals surface area contributed by atoms with E-state index < -0.39 is 0 Å². The lowest BCUT2D eigenvalue weighted by Crippen LogP contribution is -2.15. The van der Waals surface area contributed by atoms with Crippen LogP contribution >= 0.6 is 11.8 Å². The van der Waals surface area contributed by atoms with Gasteiger partial charge in [-0.05, 0) is 30.7 Å². The molecule has 2 aromatic rings. The number of methoxy groups -OCH3 is 1. The quantitative estimate of drug-likeness (QED) is 0.588. The number of rotatable bonds is 8. The van der Waals surface area contributed by atoms with E-state index in [0.717, 1.165) is 34.4 Å². The van der Waals surface area contributed by atoms with Crippen molar-refractivity contribution in [3.8, 4) is 5.75 Å². The lowest BCUT2D eigenvalue weighted by atomic mass is 10.2. The van der Waals surface area contributed by atoms with Gasteiger partial charge in [-0.2, -0.15) is 0 Å². The SMILES string of the molecule is C=CCn1c(CC)nnc1SCC(=O)Nc1ccc(OC)cc1C. The predicted molar refractivity (Wildman–Crippen MR) is 96.7 cm³/mol. The van der Waals surface area contributed by atoms with Crippen LogP contribution in [0.2, 0.25) is 0 Å². The number of anilines is 1. The molecule has 7 heteroatoms. The minimum Gasteiger partial charge on any atom is -0.497 e. The number of aromatic nitrogens is 3. The van der Waals surface area contributed by atoms with E-state index in [9.17, 15) is 4.79 Å². The van der Waals surface area contributed by atoms with Crippen LogP contribution in [-0.4, -0.2) is 33.5 Å². The van der Waals surface area contributed by atoms with E-state index in [1.54, 1.807) is 13.2 Å². The highest BCUT2D eigenvalue weighted by Gasteiger charge is 2.13. The van der Waals surface area contributed by atoms with Gasteiger partial charge in [-0.25, -0.2) is 0 Å². The molecule has 0 radical (unpaired) electrons. The first-order chi connectivity index (χ1) is 11.6. The number of carbonyl (C=O) groups excluding carboxylic acids is 1. The van der Waals surface area contributed by atoms with Crippen LogP contribution in [0.15, 0.2) is 36.0 Å². The summed E-state index contributed by atoms with van der Waals surface area (Å²) in [5, 5.41) is 11.9. The molecule has 0 saturated heterocycles. The molecule has 0 aliphatic heterocycles. The molecule has 24 heavy (non-hydrogen) atoms. The third kappa shape index (κ3) is 4.38. The van der Waals surface area contributed by atoms with Gasteiger partial charge in [0.1, 0.15) is 11.6 Å². The van der Waals surface area contributed by atoms with E-state index in [2.05, 4.69) is 22.1 Å². The maximum absolute atomic E-state index is 12.2. The zero-order chi connectivity index (χ0) is 17.5. The van der Waals surface area contributed by atoms with E-state index in [1.807, 2.05) is 36.6 Å². The van der Waals surface area contributed by atoms with Crippen molar-refractivity contribution in [1.82, 2.24) is 14.8 Å². The number of hydrogen-bond acceptors (Lipinski definition) is 5. The molecule has 0 fully saturated rings. The van der Waals surface area contributed by atoms with Gasteiger partial charge in [0.2, 0.25) is 5.91 Å². The minimum absolute atomic E-state index is 0.0838. The van der Waals surface area contributed by atoms with Crippen LogP contribution in [0.1, 0.15) is 18.3 Å². The second-order valence-corrected chi connectivity index (χ2v) is 6.11. The average Bonchev–Trinajstić information content (AvgIpc) is 2.97. The number of amides is 1. The predicted octanol–water partition coefficient (Wildman–Crippen LogP) is 3.07. The zero-order valence-corrected chi connectivity index (χ0v) is 15.0. The van der Waals surface area contributed by atoms with Gasteiger partial charge >= 0.3 is 0 Å². The van der Waals surface area contributed by atoms with Crippen molar-refractivity contribution < 1.29 is 9.53 Å². The Bertz CT molecular complexity index is 727. The number of benzene rings is 1. The van der Waals surface area contributed by atoms with Gasteiger partial charge in [-0.15, -0.1) is 16.8 Å². The number of aryl methyl sites for hydroxylation is 2. The Morgan fingerprint density at radius 1 is 1.46 bits per heavy atom. The van der Waals surface area contributed by atoms with Gasteiger partial charge in [-0.1, -0.05) is 24.8 Å². The Morgan fingerprint density at radius 2 is 2.25 bits per heavy atom. The molecule has 0 aliphatic rings. The lowest BCUT2D eigenvalue weighted by Gasteiger charge is -2.10.